The van der Waals surface area contributed by atoms with E-state index in [4.69, 9.17) is 5.26 Å². The molecule has 1 aliphatic rings. The van der Waals surface area contributed by atoms with E-state index in [9.17, 15) is 9.59 Å². The second-order valence-corrected chi connectivity index (χ2v) is 4.51. The van der Waals surface area contributed by atoms with Gasteiger partial charge in [-0.05, 0) is 37.5 Å². The first-order valence-electron chi connectivity index (χ1n) is 6.29. The van der Waals surface area contributed by atoms with Gasteiger partial charge in [0.15, 0.2) is 0 Å². The van der Waals surface area contributed by atoms with Crippen molar-refractivity contribution in [2.45, 2.75) is 25.3 Å². The molecular formula is C14H15N3O2. The maximum Gasteiger partial charge on any atom is 0.251 e. The van der Waals surface area contributed by atoms with E-state index in [0.717, 1.165) is 12.8 Å². The molecule has 1 aliphatic heterocycles. The van der Waals surface area contributed by atoms with Crippen molar-refractivity contribution in [2.24, 2.45) is 0 Å². The van der Waals surface area contributed by atoms with Gasteiger partial charge in [-0.15, -0.1) is 0 Å². The van der Waals surface area contributed by atoms with E-state index in [-0.39, 0.29) is 11.8 Å². The first-order chi connectivity index (χ1) is 9.20. The second-order valence-electron chi connectivity index (χ2n) is 4.51. The summed E-state index contributed by atoms with van der Waals surface area (Å²) in [6.07, 6.45) is 2.49. The van der Waals surface area contributed by atoms with E-state index in [1.54, 1.807) is 18.2 Å². The summed E-state index contributed by atoms with van der Waals surface area (Å²) >= 11 is 0. The number of rotatable bonds is 2. The molecule has 1 unspecified atom stereocenters. The lowest BCUT2D eigenvalue weighted by atomic mass is 10.1. The third-order valence-electron chi connectivity index (χ3n) is 3.09. The van der Waals surface area contributed by atoms with Gasteiger partial charge in [0.25, 0.3) is 5.91 Å². The van der Waals surface area contributed by atoms with Crippen molar-refractivity contribution in [3.05, 3.63) is 35.4 Å². The van der Waals surface area contributed by atoms with Crippen LogP contribution in [0.15, 0.2) is 24.3 Å². The van der Waals surface area contributed by atoms with Gasteiger partial charge in [-0.2, -0.15) is 5.26 Å². The Morgan fingerprint density at radius 1 is 1.42 bits per heavy atom. The van der Waals surface area contributed by atoms with Gasteiger partial charge < -0.3 is 10.6 Å². The van der Waals surface area contributed by atoms with E-state index in [1.165, 1.54) is 6.07 Å². The van der Waals surface area contributed by atoms with Crippen LogP contribution in [0.1, 0.15) is 35.2 Å². The minimum atomic E-state index is -0.485. The van der Waals surface area contributed by atoms with Gasteiger partial charge in [-0.3, -0.25) is 9.59 Å². The molecule has 1 aromatic rings. The van der Waals surface area contributed by atoms with Gasteiger partial charge in [0, 0.05) is 12.1 Å². The lowest BCUT2D eigenvalue weighted by Crippen LogP contribution is -2.45. The average molecular weight is 257 g/mol. The van der Waals surface area contributed by atoms with Crippen molar-refractivity contribution in [3.8, 4) is 6.07 Å². The van der Waals surface area contributed by atoms with Crippen LogP contribution in [-0.4, -0.2) is 24.4 Å². The standard InChI is InChI=1S/C14H15N3O2/c15-9-10-4-3-5-11(8-10)13(18)17-12-6-1-2-7-16-14(12)19/h3-5,8,12H,1-2,6-7H2,(H,16,19)(H,17,18). The molecule has 2 N–H and O–H groups in total. The zero-order chi connectivity index (χ0) is 13.7. The predicted molar refractivity (Wildman–Crippen MR) is 69.3 cm³/mol. The summed E-state index contributed by atoms with van der Waals surface area (Å²) in [6.45, 7) is 0.662. The van der Waals surface area contributed by atoms with E-state index in [0.29, 0.717) is 24.1 Å². The first kappa shape index (κ1) is 13.1. The maximum atomic E-state index is 12.0. The molecule has 5 heteroatoms. The van der Waals surface area contributed by atoms with Crippen LogP contribution in [0.25, 0.3) is 0 Å². The Bertz CT molecular complexity index is 534. The van der Waals surface area contributed by atoms with Crippen molar-refractivity contribution in [1.29, 1.82) is 5.26 Å². The molecule has 0 bridgehead atoms. The average Bonchev–Trinajstić information content (AvgIpc) is 2.64. The lowest BCUT2D eigenvalue weighted by molar-refractivity contribution is -0.122. The van der Waals surface area contributed by atoms with Crippen molar-refractivity contribution in [1.82, 2.24) is 10.6 Å². The second kappa shape index (κ2) is 6.01. The molecule has 2 rings (SSSR count). The highest BCUT2D eigenvalue weighted by molar-refractivity contribution is 5.97. The summed E-state index contributed by atoms with van der Waals surface area (Å²) in [5.74, 6) is -0.457. The van der Waals surface area contributed by atoms with Crippen LogP contribution < -0.4 is 10.6 Å². The van der Waals surface area contributed by atoms with Crippen LogP contribution in [-0.2, 0) is 4.79 Å². The Morgan fingerprint density at radius 3 is 3.05 bits per heavy atom. The molecule has 1 heterocycles. The van der Waals surface area contributed by atoms with Crippen LogP contribution in [0.3, 0.4) is 0 Å². The van der Waals surface area contributed by atoms with E-state index in [1.807, 2.05) is 6.07 Å². The highest BCUT2D eigenvalue weighted by Crippen LogP contribution is 2.08. The summed E-state index contributed by atoms with van der Waals surface area (Å²) in [7, 11) is 0. The molecule has 19 heavy (non-hydrogen) atoms. The van der Waals surface area contributed by atoms with Gasteiger partial charge in [0.2, 0.25) is 5.91 Å². The van der Waals surface area contributed by atoms with Gasteiger partial charge in [-0.25, -0.2) is 0 Å². The number of hydrogen-bond donors (Lipinski definition) is 2. The largest absolute Gasteiger partial charge is 0.354 e. The first-order valence-corrected chi connectivity index (χ1v) is 6.29. The number of amides is 2. The Hall–Kier alpha value is -2.35. The van der Waals surface area contributed by atoms with E-state index < -0.39 is 6.04 Å². The van der Waals surface area contributed by atoms with Gasteiger partial charge in [0.1, 0.15) is 6.04 Å². The molecule has 1 fully saturated rings. The summed E-state index contributed by atoms with van der Waals surface area (Å²) in [5, 5.41) is 14.3. The normalized spacial score (nSPS) is 18.9. The number of nitriles is 1. The SMILES string of the molecule is N#Cc1cccc(C(=O)NC2CCCCNC2=O)c1. The molecule has 0 radical (unpaired) electrons. The van der Waals surface area contributed by atoms with E-state index in [2.05, 4.69) is 10.6 Å². The zero-order valence-corrected chi connectivity index (χ0v) is 10.5. The number of nitrogens with one attached hydrogen (secondary N) is 2. The minimum Gasteiger partial charge on any atom is -0.354 e. The van der Waals surface area contributed by atoms with Crippen LogP contribution in [0, 0.1) is 11.3 Å². The molecule has 98 valence electrons. The van der Waals surface area contributed by atoms with Crippen LogP contribution >= 0.6 is 0 Å². The fraction of sp³-hybridized carbons (Fsp3) is 0.357. The van der Waals surface area contributed by atoms with Gasteiger partial charge >= 0.3 is 0 Å². The topological polar surface area (TPSA) is 82.0 Å². The number of nitrogens with zero attached hydrogens (tertiary/aromatic N) is 1. The Labute approximate surface area is 111 Å². The number of carbonyl (C=O) groups excluding carboxylic acids is 2. The monoisotopic (exact) mass is 257 g/mol. The Balaban J connectivity index is 2.07. The molecule has 1 atom stereocenters. The minimum absolute atomic E-state index is 0.137. The van der Waals surface area contributed by atoms with Crippen molar-refractivity contribution in [3.63, 3.8) is 0 Å². The highest BCUT2D eigenvalue weighted by atomic mass is 16.2. The fourth-order valence-electron chi connectivity index (χ4n) is 2.05. The third-order valence-corrected chi connectivity index (χ3v) is 3.09. The molecule has 0 saturated carbocycles. The predicted octanol–water partition coefficient (Wildman–Crippen LogP) is 0.957. The molecule has 1 aromatic carbocycles. The van der Waals surface area contributed by atoms with Gasteiger partial charge in [-0.1, -0.05) is 6.07 Å². The van der Waals surface area contributed by atoms with Gasteiger partial charge in [0.05, 0.1) is 11.6 Å². The lowest BCUT2D eigenvalue weighted by Gasteiger charge is -2.15. The van der Waals surface area contributed by atoms with Crippen molar-refractivity contribution < 1.29 is 9.59 Å². The molecule has 1 saturated heterocycles. The molecule has 0 aromatic heterocycles. The van der Waals surface area contributed by atoms with Crippen molar-refractivity contribution in [2.75, 3.05) is 6.54 Å². The molecule has 0 spiro atoms. The smallest absolute Gasteiger partial charge is 0.251 e. The highest BCUT2D eigenvalue weighted by Gasteiger charge is 2.22. The quantitative estimate of drug-likeness (QED) is 0.827. The number of hydrogen-bond acceptors (Lipinski definition) is 3. The molecule has 2 amide bonds. The maximum absolute atomic E-state index is 12.0. The summed E-state index contributed by atoms with van der Waals surface area (Å²) in [5.41, 5.74) is 0.828. The molecule has 0 aliphatic carbocycles. The van der Waals surface area contributed by atoms with Crippen LogP contribution in [0.5, 0.6) is 0 Å². The zero-order valence-electron chi connectivity index (χ0n) is 10.5. The Kier molecular flexibility index (Phi) is 4.14. The molecular weight excluding hydrogens is 242 g/mol. The van der Waals surface area contributed by atoms with Crippen LogP contribution in [0.2, 0.25) is 0 Å². The number of benzene rings is 1. The summed E-state index contributed by atoms with van der Waals surface area (Å²) < 4.78 is 0. The summed E-state index contributed by atoms with van der Waals surface area (Å²) in [4.78, 5) is 23.8. The van der Waals surface area contributed by atoms with Crippen LogP contribution in [0.4, 0.5) is 0 Å². The molecule has 5 nitrogen and oxygen atoms in total. The third kappa shape index (κ3) is 3.32. The van der Waals surface area contributed by atoms with Crippen molar-refractivity contribution >= 4 is 11.8 Å². The fourth-order valence-corrected chi connectivity index (χ4v) is 2.05. The Morgan fingerprint density at radius 2 is 2.26 bits per heavy atom. The summed E-state index contributed by atoms with van der Waals surface area (Å²) in [6, 6.07) is 7.93. The van der Waals surface area contributed by atoms with E-state index >= 15 is 0 Å². The number of carbonyl (C=O) groups is 2.